The first-order valence-corrected chi connectivity index (χ1v) is 5.24. The van der Waals surface area contributed by atoms with Crippen LogP contribution in [0.3, 0.4) is 0 Å². The summed E-state index contributed by atoms with van der Waals surface area (Å²) < 4.78 is 0. The molecule has 66 valence electrons. The fraction of sp³-hybridized carbons (Fsp3) is 1.00. The Labute approximate surface area is 71.4 Å². The van der Waals surface area contributed by atoms with Crippen molar-refractivity contribution in [2.45, 2.75) is 52.9 Å². The first kappa shape index (κ1) is 9.09. The van der Waals surface area contributed by atoms with E-state index in [1.54, 1.807) is 0 Å². The summed E-state index contributed by atoms with van der Waals surface area (Å²) in [6, 6.07) is 0. The van der Waals surface area contributed by atoms with Gasteiger partial charge in [-0.1, -0.05) is 46.5 Å². The fourth-order valence-electron chi connectivity index (χ4n) is 2.33. The molecule has 1 fully saturated rings. The molecule has 0 aromatic rings. The lowest BCUT2D eigenvalue weighted by Crippen LogP contribution is -2.19. The second-order valence-corrected chi connectivity index (χ2v) is 4.42. The Hall–Kier alpha value is 0. The molecule has 0 radical (unpaired) electrons. The van der Waals surface area contributed by atoms with Gasteiger partial charge in [0.15, 0.2) is 0 Å². The number of hydrogen-bond acceptors (Lipinski definition) is 0. The van der Waals surface area contributed by atoms with Gasteiger partial charge in [-0.05, 0) is 24.2 Å². The van der Waals surface area contributed by atoms with Crippen molar-refractivity contribution < 1.29 is 0 Å². The van der Waals surface area contributed by atoms with E-state index < -0.39 is 0 Å². The molecule has 11 heavy (non-hydrogen) atoms. The fourth-order valence-corrected chi connectivity index (χ4v) is 2.33. The lowest BCUT2D eigenvalue weighted by molar-refractivity contribution is 0.211. The molecule has 1 rings (SSSR count). The van der Waals surface area contributed by atoms with Gasteiger partial charge in [0.1, 0.15) is 0 Å². The van der Waals surface area contributed by atoms with Crippen LogP contribution in [-0.4, -0.2) is 0 Å². The topological polar surface area (TPSA) is 0 Å². The van der Waals surface area contributed by atoms with E-state index in [0.29, 0.717) is 0 Å². The molecule has 0 heteroatoms. The lowest BCUT2D eigenvalue weighted by atomic mass is 9.75. The molecule has 1 aliphatic rings. The highest BCUT2D eigenvalue weighted by Gasteiger charge is 2.22. The van der Waals surface area contributed by atoms with E-state index in [4.69, 9.17) is 0 Å². The predicted molar refractivity (Wildman–Crippen MR) is 50.6 cm³/mol. The normalized spacial score (nSPS) is 35.2. The predicted octanol–water partition coefficient (Wildman–Crippen LogP) is 3.86. The molecule has 0 N–H and O–H groups in total. The molecule has 0 bridgehead atoms. The number of rotatable bonds is 2. The molecule has 0 aliphatic heterocycles. The van der Waals surface area contributed by atoms with Gasteiger partial charge in [0.05, 0.1) is 0 Å². The Morgan fingerprint density at radius 2 is 2.09 bits per heavy atom. The highest BCUT2D eigenvalue weighted by Crippen LogP contribution is 2.34. The van der Waals surface area contributed by atoms with Gasteiger partial charge >= 0.3 is 0 Å². The first-order chi connectivity index (χ1) is 5.24. The van der Waals surface area contributed by atoms with Crippen molar-refractivity contribution in [2.24, 2.45) is 17.8 Å². The van der Waals surface area contributed by atoms with E-state index in [0.717, 1.165) is 17.8 Å². The van der Waals surface area contributed by atoms with Gasteiger partial charge in [-0.15, -0.1) is 0 Å². The lowest BCUT2D eigenvalue weighted by Gasteiger charge is -2.30. The maximum atomic E-state index is 2.42. The Morgan fingerprint density at radius 1 is 1.36 bits per heavy atom. The highest BCUT2D eigenvalue weighted by atomic mass is 14.3. The summed E-state index contributed by atoms with van der Waals surface area (Å²) in [4.78, 5) is 0. The smallest absolute Gasteiger partial charge is 0.0386 e. The van der Waals surface area contributed by atoms with Crippen LogP contribution in [0.2, 0.25) is 0 Å². The van der Waals surface area contributed by atoms with Gasteiger partial charge < -0.3 is 0 Å². The highest BCUT2D eigenvalue weighted by molar-refractivity contribution is 4.73. The molecular weight excluding hydrogens is 132 g/mol. The third-order valence-electron chi connectivity index (χ3n) is 3.43. The molecule has 0 aromatic carbocycles. The molecule has 1 aliphatic carbocycles. The van der Waals surface area contributed by atoms with Crippen molar-refractivity contribution in [3.05, 3.63) is 0 Å². The maximum absolute atomic E-state index is 2.42. The molecule has 0 amide bonds. The van der Waals surface area contributed by atoms with E-state index in [2.05, 4.69) is 20.8 Å². The molecule has 0 spiro atoms. The summed E-state index contributed by atoms with van der Waals surface area (Å²) in [6.07, 6.45) is 7.33. The largest absolute Gasteiger partial charge is 0.0651 e. The van der Waals surface area contributed by atoms with Crippen LogP contribution < -0.4 is 0 Å². The van der Waals surface area contributed by atoms with Crippen LogP contribution in [0.1, 0.15) is 52.9 Å². The average molecular weight is 154 g/mol. The van der Waals surface area contributed by atoms with Crippen LogP contribution in [0.5, 0.6) is 0 Å². The second-order valence-electron chi connectivity index (χ2n) is 4.42. The maximum Gasteiger partial charge on any atom is -0.0386 e. The van der Waals surface area contributed by atoms with Crippen molar-refractivity contribution in [1.82, 2.24) is 0 Å². The summed E-state index contributed by atoms with van der Waals surface area (Å²) in [6.45, 7) is 7.15. The summed E-state index contributed by atoms with van der Waals surface area (Å²) in [7, 11) is 0. The van der Waals surface area contributed by atoms with E-state index >= 15 is 0 Å². The van der Waals surface area contributed by atoms with Gasteiger partial charge in [-0.2, -0.15) is 0 Å². The van der Waals surface area contributed by atoms with Gasteiger partial charge in [0.25, 0.3) is 0 Å². The Bertz CT molecular complexity index is 107. The summed E-state index contributed by atoms with van der Waals surface area (Å²) >= 11 is 0. The van der Waals surface area contributed by atoms with E-state index in [9.17, 15) is 0 Å². The van der Waals surface area contributed by atoms with Gasteiger partial charge in [-0.3, -0.25) is 0 Å². The minimum Gasteiger partial charge on any atom is -0.0651 e. The summed E-state index contributed by atoms with van der Waals surface area (Å²) in [5.74, 6) is 3.02. The SMILES string of the molecule is CCC(C)C1CCC[C@@H](C)C1. The monoisotopic (exact) mass is 154 g/mol. The average Bonchev–Trinajstić information content (AvgIpc) is 2.03. The van der Waals surface area contributed by atoms with Crippen molar-refractivity contribution >= 4 is 0 Å². The Morgan fingerprint density at radius 3 is 2.64 bits per heavy atom. The van der Waals surface area contributed by atoms with Gasteiger partial charge in [0.2, 0.25) is 0 Å². The molecule has 1 saturated carbocycles. The van der Waals surface area contributed by atoms with Crippen LogP contribution in [0.25, 0.3) is 0 Å². The van der Waals surface area contributed by atoms with Crippen LogP contribution in [0.15, 0.2) is 0 Å². The zero-order chi connectivity index (χ0) is 8.27. The minimum atomic E-state index is 0.970. The molecule has 3 atom stereocenters. The third-order valence-corrected chi connectivity index (χ3v) is 3.43. The third kappa shape index (κ3) is 2.50. The van der Waals surface area contributed by atoms with Crippen molar-refractivity contribution in [3.63, 3.8) is 0 Å². The molecule has 0 heterocycles. The van der Waals surface area contributed by atoms with Crippen LogP contribution in [0, 0.1) is 17.8 Å². The molecule has 2 unspecified atom stereocenters. The zero-order valence-corrected chi connectivity index (χ0v) is 8.27. The molecule has 0 nitrogen and oxygen atoms in total. The minimum absolute atomic E-state index is 0.970. The quantitative estimate of drug-likeness (QED) is 0.566. The van der Waals surface area contributed by atoms with Gasteiger partial charge in [-0.25, -0.2) is 0 Å². The van der Waals surface area contributed by atoms with Crippen LogP contribution in [0.4, 0.5) is 0 Å². The Balaban J connectivity index is 2.33. The molecular formula is C11H22. The zero-order valence-electron chi connectivity index (χ0n) is 8.27. The van der Waals surface area contributed by atoms with Crippen LogP contribution in [-0.2, 0) is 0 Å². The molecule has 0 aromatic heterocycles. The van der Waals surface area contributed by atoms with E-state index in [1.807, 2.05) is 0 Å². The number of hydrogen-bond donors (Lipinski definition) is 0. The standard InChI is InChI=1S/C11H22/c1-4-10(3)11-7-5-6-9(2)8-11/h9-11H,4-8H2,1-3H3/t9-,10?,11?/m1/s1. The first-order valence-electron chi connectivity index (χ1n) is 5.24. The van der Waals surface area contributed by atoms with Crippen LogP contribution >= 0.6 is 0 Å². The van der Waals surface area contributed by atoms with Crippen molar-refractivity contribution in [3.8, 4) is 0 Å². The Kier molecular flexibility index (Phi) is 3.42. The summed E-state index contributed by atoms with van der Waals surface area (Å²) in [5.41, 5.74) is 0. The van der Waals surface area contributed by atoms with Crippen molar-refractivity contribution in [1.29, 1.82) is 0 Å². The van der Waals surface area contributed by atoms with Gasteiger partial charge in [0, 0.05) is 0 Å². The van der Waals surface area contributed by atoms with E-state index in [1.165, 1.54) is 32.1 Å². The second kappa shape index (κ2) is 4.13. The van der Waals surface area contributed by atoms with E-state index in [-0.39, 0.29) is 0 Å². The summed E-state index contributed by atoms with van der Waals surface area (Å²) in [5, 5.41) is 0. The molecule has 0 saturated heterocycles. The van der Waals surface area contributed by atoms with Crippen molar-refractivity contribution in [2.75, 3.05) is 0 Å².